The molecular weight excluding hydrogens is 523 g/mol. The lowest BCUT2D eigenvalue weighted by atomic mass is 9.93. The number of nitrogens with one attached hydrogen (secondary N) is 2. The van der Waals surface area contributed by atoms with Gasteiger partial charge in [0.25, 0.3) is 5.91 Å². The molecule has 9 nitrogen and oxygen atoms in total. The molecule has 1 fully saturated rings. The molecule has 2 aromatic carbocycles. The number of nitrogens with zero attached hydrogens (tertiary/aromatic N) is 2. The molecule has 37 heavy (non-hydrogen) atoms. The predicted octanol–water partition coefficient (Wildman–Crippen LogP) is 5.89. The molecule has 1 aliphatic rings. The Morgan fingerprint density at radius 1 is 1.11 bits per heavy atom. The van der Waals surface area contributed by atoms with Crippen LogP contribution in [0.4, 0.5) is 26.2 Å². The van der Waals surface area contributed by atoms with Gasteiger partial charge in [-0.05, 0) is 49.1 Å². The third-order valence-electron chi connectivity index (χ3n) is 5.82. The molecule has 200 valence electrons. The zero-order valence-corrected chi connectivity index (χ0v) is 22.2. The molecule has 0 spiro atoms. The molecule has 1 saturated carbocycles. The van der Waals surface area contributed by atoms with E-state index in [-0.39, 0.29) is 22.5 Å². The van der Waals surface area contributed by atoms with E-state index in [1.165, 1.54) is 18.6 Å². The maximum absolute atomic E-state index is 14.2. The van der Waals surface area contributed by atoms with Crippen LogP contribution in [-0.2, 0) is 15.3 Å². The minimum absolute atomic E-state index is 0.0417. The molecule has 3 rings (SSSR count). The lowest BCUT2D eigenvalue weighted by molar-refractivity contribution is -0.119. The fourth-order valence-electron chi connectivity index (χ4n) is 4.31. The highest BCUT2D eigenvalue weighted by Crippen LogP contribution is 2.36. The van der Waals surface area contributed by atoms with Crippen LogP contribution in [0, 0.1) is 11.7 Å². The number of amides is 3. The van der Waals surface area contributed by atoms with E-state index in [9.17, 15) is 22.4 Å². The molecule has 2 N–H and O–H groups in total. The molecule has 2 aromatic rings. The van der Waals surface area contributed by atoms with Crippen molar-refractivity contribution in [3.05, 3.63) is 47.2 Å². The summed E-state index contributed by atoms with van der Waals surface area (Å²) in [6.45, 7) is 4.39. The second kappa shape index (κ2) is 13.4. The average Bonchev–Trinajstić information content (AvgIpc) is 2.83. The van der Waals surface area contributed by atoms with Crippen LogP contribution in [0.3, 0.4) is 0 Å². The van der Waals surface area contributed by atoms with E-state index in [0.717, 1.165) is 44.0 Å². The highest BCUT2D eigenvalue weighted by atomic mass is 35.5. The summed E-state index contributed by atoms with van der Waals surface area (Å²) in [5.74, 6) is -1.08. The number of hydrogen-bond acceptors (Lipinski definition) is 6. The normalized spacial score (nSPS) is 13.6. The second-order valence-electron chi connectivity index (χ2n) is 9.21. The smallest absolute Gasteiger partial charge is 0.323 e. The van der Waals surface area contributed by atoms with Gasteiger partial charge in [-0.15, -0.1) is 0 Å². The number of benzene rings is 2. The SMILES string of the molecule is CC(C)CN(c1ccc(OCC(=O)N=S(=O)=O)cc1NC(=O)Nc1ccc(Cl)cc1F)C1CCCCC1. The van der Waals surface area contributed by atoms with Crippen LogP contribution in [0.2, 0.25) is 5.02 Å². The predicted molar refractivity (Wildman–Crippen MR) is 141 cm³/mol. The number of halogens is 2. The summed E-state index contributed by atoms with van der Waals surface area (Å²) in [4.78, 5) is 26.8. The van der Waals surface area contributed by atoms with Gasteiger partial charge in [0.15, 0.2) is 6.61 Å². The van der Waals surface area contributed by atoms with Gasteiger partial charge < -0.3 is 20.3 Å². The maximum atomic E-state index is 14.2. The van der Waals surface area contributed by atoms with Crippen LogP contribution < -0.4 is 20.3 Å². The van der Waals surface area contributed by atoms with E-state index < -0.39 is 34.9 Å². The molecular formula is C25H30ClFN4O5S. The Labute approximate surface area is 222 Å². The average molecular weight is 553 g/mol. The second-order valence-corrected chi connectivity index (χ2v) is 10.3. The minimum atomic E-state index is -2.87. The van der Waals surface area contributed by atoms with Gasteiger partial charge in [0.1, 0.15) is 11.6 Å². The fourth-order valence-corrected chi connectivity index (χ4v) is 4.68. The number of rotatable bonds is 9. The highest BCUT2D eigenvalue weighted by Gasteiger charge is 2.25. The van der Waals surface area contributed by atoms with Crippen molar-refractivity contribution in [3.8, 4) is 5.75 Å². The Morgan fingerprint density at radius 3 is 2.46 bits per heavy atom. The van der Waals surface area contributed by atoms with Gasteiger partial charge in [-0.25, -0.2) is 9.18 Å². The van der Waals surface area contributed by atoms with Crippen LogP contribution in [0.1, 0.15) is 46.0 Å². The van der Waals surface area contributed by atoms with Crippen molar-refractivity contribution in [2.45, 2.75) is 52.0 Å². The Kier molecular flexibility index (Phi) is 10.3. The van der Waals surface area contributed by atoms with Gasteiger partial charge in [-0.3, -0.25) is 4.79 Å². The van der Waals surface area contributed by atoms with Crippen molar-refractivity contribution in [2.75, 3.05) is 28.7 Å². The summed E-state index contributed by atoms with van der Waals surface area (Å²) in [6.07, 6.45) is 5.47. The standard InChI is InChI=1S/C25H30ClFN4O5S/c1-16(2)14-31(18-6-4-3-5-7-18)23-11-9-19(36-15-24(32)30-37(34)35)13-22(23)29-25(33)28-21-10-8-17(26)12-20(21)27/h8-13,16,18H,3-7,14-15H2,1-2H3,(H2,28,29,33). The van der Waals surface area contributed by atoms with E-state index in [0.29, 0.717) is 11.6 Å². The first-order valence-corrected chi connectivity index (χ1v) is 13.4. The van der Waals surface area contributed by atoms with Gasteiger partial charge in [-0.1, -0.05) is 49.1 Å². The molecule has 0 saturated heterocycles. The van der Waals surface area contributed by atoms with Crippen molar-refractivity contribution in [1.29, 1.82) is 0 Å². The number of urea groups is 1. The van der Waals surface area contributed by atoms with Crippen LogP contribution in [-0.4, -0.2) is 39.5 Å². The van der Waals surface area contributed by atoms with Crippen molar-refractivity contribution in [2.24, 2.45) is 10.3 Å². The lowest BCUT2D eigenvalue weighted by Gasteiger charge is -2.38. The monoisotopic (exact) mass is 552 g/mol. The van der Waals surface area contributed by atoms with Crippen LogP contribution in [0.15, 0.2) is 40.8 Å². The first-order chi connectivity index (χ1) is 17.6. The first kappa shape index (κ1) is 28.4. The summed E-state index contributed by atoms with van der Waals surface area (Å²) in [6, 6.07) is 8.51. The van der Waals surface area contributed by atoms with Crippen molar-refractivity contribution < 1.29 is 27.1 Å². The lowest BCUT2D eigenvalue weighted by Crippen LogP contribution is -2.40. The summed E-state index contributed by atoms with van der Waals surface area (Å²) in [5.41, 5.74) is 1.11. The number of carbonyl (C=O) groups excluding carboxylic acids is 2. The zero-order valence-electron chi connectivity index (χ0n) is 20.7. The molecule has 0 radical (unpaired) electrons. The quantitative estimate of drug-likeness (QED) is 0.401. The van der Waals surface area contributed by atoms with Crippen molar-refractivity contribution in [1.82, 2.24) is 0 Å². The summed E-state index contributed by atoms with van der Waals surface area (Å²) in [5, 5.41) is 5.46. The zero-order chi connectivity index (χ0) is 26.9. The fraction of sp³-hybridized carbons (Fsp3) is 0.440. The Balaban J connectivity index is 1.91. The molecule has 0 bridgehead atoms. The number of carbonyl (C=O) groups is 2. The van der Waals surface area contributed by atoms with Gasteiger partial charge in [0.05, 0.1) is 17.1 Å². The van der Waals surface area contributed by atoms with Crippen LogP contribution in [0.25, 0.3) is 0 Å². The van der Waals surface area contributed by atoms with Gasteiger partial charge in [0, 0.05) is 23.7 Å². The molecule has 0 unspecified atom stereocenters. The summed E-state index contributed by atoms with van der Waals surface area (Å²) < 4.78 is 43.8. The van der Waals surface area contributed by atoms with Gasteiger partial charge in [-0.2, -0.15) is 8.42 Å². The third-order valence-corrected chi connectivity index (χ3v) is 6.41. The topological polar surface area (TPSA) is 117 Å². The van der Waals surface area contributed by atoms with Gasteiger partial charge in [0.2, 0.25) is 0 Å². The molecule has 12 heteroatoms. The Morgan fingerprint density at radius 2 is 1.81 bits per heavy atom. The van der Waals surface area contributed by atoms with E-state index >= 15 is 0 Å². The van der Waals surface area contributed by atoms with E-state index in [1.54, 1.807) is 18.2 Å². The molecule has 1 aliphatic carbocycles. The summed E-state index contributed by atoms with van der Waals surface area (Å²) >= 11 is 5.80. The van der Waals surface area contributed by atoms with Crippen molar-refractivity contribution in [3.63, 3.8) is 0 Å². The minimum Gasteiger partial charge on any atom is -0.484 e. The maximum Gasteiger partial charge on any atom is 0.323 e. The van der Waals surface area contributed by atoms with E-state index in [1.807, 2.05) is 0 Å². The number of ether oxygens (including phenoxy) is 1. The molecule has 3 amide bonds. The van der Waals surface area contributed by atoms with Crippen LogP contribution >= 0.6 is 11.6 Å². The summed E-state index contributed by atoms with van der Waals surface area (Å²) in [7, 11) is -2.87. The molecule has 0 atom stereocenters. The molecule has 0 aliphatic heterocycles. The third kappa shape index (κ3) is 8.71. The molecule has 0 heterocycles. The Bertz CT molecular complexity index is 1260. The molecule has 0 aromatic heterocycles. The van der Waals surface area contributed by atoms with Gasteiger partial charge >= 0.3 is 16.5 Å². The largest absolute Gasteiger partial charge is 0.484 e. The van der Waals surface area contributed by atoms with Crippen molar-refractivity contribution >= 4 is 51.1 Å². The van der Waals surface area contributed by atoms with E-state index in [4.69, 9.17) is 16.3 Å². The first-order valence-electron chi connectivity index (χ1n) is 12.0. The number of hydrogen-bond donors (Lipinski definition) is 2. The van der Waals surface area contributed by atoms with E-state index in [2.05, 4.69) is 33.7 Å². The number of anilines is 3. The highest BCUT2D eigenvalue weighted by molar-refractivity contribution is 7.62. The van der Waals surface area contributed by atoms with Crippen LogP contribution in [0.5, 0.6) is 5.75 Å². The Hall–Kier alpha value is -3.18.